The number of fused-ring (bicyclic) bond motifs is 1. The van der Waals surface area contributed by atoms with E-state index in [2.05, 4.69) is 5.10 Å². The topological polar surface area (TPSA) is 84.4 Å². The zero-order valence-corrected chi connectivity index (χ0v) is 12.4. The number of nitrogens with two attached hydrogens (primary N) is 1. The largest absolute Gasteiger partial charge is 0.465 e. The molecule has 0 bridgehead atoms. The standard InChI is InChI=1S/C15H17FN4O2/c1-8-7-10(3-4-11(8)16)20-14(17)13-9(2)19(15(21)22)6-5-12(13)18-20/h3-4,7,9H,5-6,17H2,1-2H3,(H,21,22)/t9-/m0/s1. The van der Waals surface area contributed by atoms with Crippen LogP contribution in [0.15, 0.2) is 18.2 Å². The molecule has 1 aromatic heterocycles. The summed E-state index contributed by atoms with van der Waals surface area (Å²) in [5.41, 5.74) is 8.88. The Morgan fingerprint density at radius 3 is 2.86 bits per heavy atom. The molecule has 1 amide bonds. The maximum Gasteiger partial charge on any atom is 0.407 e. The molecule has 0 radical (unpaired) electrons. The minimum absolute atomic E-state index is 0.287. The summed E-state index contributed by atoms with van der Waals surface area (Å²) >= 11 is 0. The molecule has 0 unspecified atom stereocenters. The average Bonchev–Trinajstić information content (AvgIpc) is 2.80. The lowest BCUT2D eigenvalue weighted by Gasteiger charge is -2.30. The van der Waals surface area contributed by atoms with Crippen LogP contribution in [0.5, 0.6) is 0 Å². The van der Waals surface area contributed by atoms with Crippen LogP contribution in [-0.4, -0.2) is 32.4 Å². The highest BCUT2D eigenvalue weighted by Gasteiger charge is 2.32. The predicted molar refractivity (Wildman–Crippen MR) is 79.5 cm³/mol. The van der Waals surface area contributed by atoms with Crippen LogP contribution >= 0.6 is 0 Å². The van der Waals surface area contributed by atoms with Crippen molar-refractivity contribution in [2.45, 2.75) is 26.3 Å². The minimum Gasteiger partial charge on any atom is -0.465 e. The number of hydrogen-bond acceptors (Lipinski definition) is 3. The second-order valence-corrected chi connectivity index (χ2v) is 5.49. The van der Waals surface area contributed by atoms with Gasteiger partial charge in [-0.15, -0.1) is 0 Å². The van der Waals surface area contributed by atoms with Crippen molar-refractivity contribution in [3.63, 3.8) is 0 Å². The molecule has 0 fully saturated rings. The Kier molecular flexibility index (Phi) is 3.27. The number of amides is 1. The van der Waals surface area contributed by atoms with Crippen LogP contribution in [0.25, 0.3) is 5.69 Å². The fraction of sp³-hybridized carbons (Fsp3) is 0.333. The van der Waals surface area contributed by atoms with E-state index >= 15 is 0 Å². The molecule has 2 aromatic rings. The average molecular weight is 304 g/mol. The van der Waals surface area contributed by atoms with Crippen molar-refractivity contribution >= 4 is 11.9 Å². The van der Waals surface area contributed by atoms with E-state index in [9.17, 15) is 14.3 Å². The third kappa shape index (κ3) is 2.09. The summed E-state index contributed by atoms with van der Waals surface area (Å²) in [6.45, 7) is 3.86. The zero-order chi connectivity index (χ0) is 16.0. The first-order valence-electron chi connectivity index (χ1n) is 7.03. The molecule has 116 valence electrons. The quantitative estimate of drug-likeness (QED) is 0.847. The Bertz CT molecular complexity index is 756. The van der Waals surface area contributed by atoms with Crippen LogP contribution in [-0.2, 0) is 6.42 Å². The Hall–Kier alpha value is -2.57. The molecular weight excluding hydrogens is 287 g/mol. The summed E-state index contributed by atoms with van der Waals surface area (Å²) < 4.78 is 15.0. The van der Waals surface area contributed by atoms with Crippen molar-refractivity contribution in [1.29, 1.82) is 0 Å². The lowest BCUT2D eigenvalue weighted by Crippen LogP contribution is -2.37. The highest BCUT2D eigenvalue weighted by molar-refractivity contribution is 5.67. The summed E-state index contributed by atoms with van der Waals surface area (Å²) in [6.07, 6.45) is -0.452. The van der Waals surface area contributed by atoms with E-state index in [1.54, 1.807) is 30.7 Å². The molecule has 6 nitrogen and oxygen atoms in total. The molecule has 2 heterocycles. The molecule has 7 heteroatoms. The van der Waals surface area contributed by atoms with Gasteiger partial charge in [0.15, 0.2) is 0 Å². The number of hydrogen-bond donors (Lipinski definition) is 2. The van der Waals surface area contributed by atoms with Gasteiger partial charge in [-0.3, -0.25) is 0 Å². The van der Waals surface area contributed by atoms with Crippen LogP contribution in [0.3, 0.4) is 0 Å². The minimum atomic E-state index is -0.970. The predicted octanol–water partition coefficient (Wildman–Crippen LogP) is 2.50. The van der Waals surface area contributed by atoms with Crippen LogP contribution < -0.4 is 5.73 Å². The third-order valence-corrected chi connectivity index (χ3v) is 4.14. The highest BCUT2D eigenvalue weighted by Crippen LogP contribution is 2.34. The molecule has 1 atom stereocenters. The van der Waals surface area contributed by atoms with E-state index in [0.717, 1.165) is 11.3 Å². The van der Waals surface area contributed by atoms with Crippen molar-refractivity contribution < 1.29 is 14.3 Å². The lowest BCUT2D eigenvalue weighted by atomic mass is 10.0. The monoisotopic (exact) mass is 304 g/mol. The Morgan fingerprint density at radius 1 is 1.50 bits per heavy atom. The maximum absolute atomic E-state index is 13.4. The van der Waals surface area contributed by atoms with Gasteiger partial charge >= 0.3 is 6.09 Å². The number of anilines is 1. The van der Waals surface area contributed by atoms with Crippen molar-refractivity contribution in [3.05, 3.63) is 40.8 Å². The number of benzene rings is 1. The summed E-state index contributed by atoms with van der Waals surface area (Å²) in [5, 5.41) is 13.7. The summed E-state index contributed by atoms with van der Waals surface area (Å²) in [5.74, 6) is 0.115. The smallest absolute Gasteiger partial charge is 0.407 e. The Labute approximate surface area is 127 Å². The first-order chi connectivity index (χ1) is 10.4. The number of halogens is 1. The maximum atomic E-state index is 13.4. The van der Waals surface area contributed by atoms with Gasteiger partial charge in [-0.1, -0.05) is 0 Å². The Morgan fingerprint density at radius 2 is 2.23 bits per heavy atom. The van der Waals surface area contributed by atoms with Crippen molar-refractivity contribution in [1.82, 2.24) is 14.7 Å². The molecule has 22 heavy (non-hydrogen) atoms. The summed E-state index contributed by atoms with van der Waals surface area (Å²) in [7, 11) is 0. The molecule has 3 rings (SSSR count). The second kappa shape index (κ2) is 5.01. The summed E-state index contributed by atoms with van der Waals surface area (Å²) in [4.78, 5) is 12.6. The first-order valence-corrected chi connectivity index (χ1v) is 7.03. The van der Waals surface area contributed by atoms with E-state index in [1.165, 1.54) is 11.0 Å². The molecule has 1 aliphatic heterocycles. The van der Waals surface area contributed by atoms with Crippen LogP contribution in [0.2, 0.25) is 0 Å². The molecule has 0 aliphatic carbocycles. The van der Waals surface area contributed by atoms with Gasteiger partial charge in [-0.2, -0.15) is 5.10 Å². The molecule has 3 N–H and O–H groups in total. The fourth-order valence-corrected chi connectivity index (χ4v) is 2.92. The van der Waals surface area contributed by atoms with E-state index in [-0.39, 0.29) is 11.9 Å². The van der Waals surface area contributed by atoms with E-state index < -0.39 is 6.09 Å². The highest BCUT2D eigenvalue weighted by atomic mass is 19.1. The van der Waals surface area contributed by atoms with Crippen molar-refractivity contribution in [2.24, 2.45) is 0 Å². The normalized spacial score (nSPS) is 17.4. The Balaban J connectivity index is 2.08. The lowest BCUT2D eigenvalue weighted by molar-refractivity contribution is 0.124. The summed E-state index contributed by atoms with van der Waals surface area (Å²) in [6, 6.07) is 4.30. The number of carbonyl (C=O) groups is 1. The van der Waals surface area contributed by atoms with Crippen LogP contribution in [0.4, 0.5) is 15.0 Å². The third-order valence-electron chi connectivity index (χ3n) is 4.14. The molecule has 1 aromatic carbocycles. The van der Waals surface area contributed by atoms with Crippen molar-refractivity contribution in [2.75, 3.05) is 12.3 Å². The molecule has 0 saturated heterocycles. The van der Waals surface area contributed by atoms with Gasteiger partial charge in [0.2, 0.25) is 0 Å². The number of rotatable bonds is 1. The second-order valence-electron chi connectivity index (χ2n) is 5.49. The van der Waals surface area contributed by atoms with Gasteiger partial charge in [0.05, 0.1) is 17.4 Å². The molecule has 1 aliphatic rings. The van der Waals surface area contributed by atoms with Gasteiger partial charge in [0, 0.05) is 18.5 Å². The number of carboxylic acid groups (broad SMARTS) is 1. The van der Waals surface area contributed by atoms with Gasteiger partial charge < -0.3 is 15.7 Å². The van der Waals surface area contributed by atoms with Gasteiger partial charge in [-0.25, -0.2) is 13.9 Å². The number of nitrogen functional groups attached to an aromatic ring is 1. The first kappa shape index (κ1) is 14.4. The van der Waals surface area contributed by atoms with Crippen molar-refractivity contribution in [3.8, 4) is 5.69 Å². The van der Waals surface area contributed by atoms with E-state index in [0.29, 0.717) is 30.0 Å². The SMILES string of the molecule is Cc1cc(-n2nc3c(c2N)[C@H](C)N(C(=O)O)CC3)ccc1F. The zero-order valence-electron chi connectivity index (χ0n) is 12.4. The number of aryl methyl sites for hydroxylation is 1. The molecular formula is C15H17FN4O2. The van der Waals surface area contributed by atoms with Gasteiger partial charge in [0.25, 0.3) is 0 Å². The fourth-order valence-electron chi connectivity index (χ4n) is 2.92. The van der Waals surface area contributed by atoms with Gasteiger partial charge in [0.1, 0.15) is 11.6 Å². The molecule has 0 spiro atoms. The number of nitrogens with zero attached hydrogens (tertiary/aromatic N) is 3. The van der Waals surface area contributed by atoms with E-state index in [4.69, 9.17) is 5.73 Å². The van der Waals surface area contributed by atoms with Gasteiger partial charge in [-0.05, 0) is 37.6 Å². The van der Waals surface area contributed by atoms with Crippen LogP contribution in [0, 0.1) is 12.7 Å². The van der Waals surface area contributed by atoms with Crippen LogP contribution in [0.1, 0.15) is 29.8 Å². The molecule has 0 saturated carbocycles. The number of aromatic nitrogens is 2. The van der Waals surface area contributed by atoms with E-state index in [1.807, 2.05) is 0 Å².